The maximum absolute atomic E-state index is 11.5. The van der Waals surface area contributed by atoms with Crippen LogP contribution in [0.3, 0.4) is 0 Å². The van der Waals surface area contributed by atoms with E-state index in [1.807, 2.05) is 54.6 Å². The molecule has 3 aromatic rings. The lowest BCUT2D eigenvalue weighted by atomic mass is 9.97. The quantitative estimate of drug-likeness (QED) is 0.356. The molecule has 3 aromatic carbocycles. The lowest BCUT2D eigenvalue weighted by Gasteiger charge is -2.09. The van der Waals surface area contributed by atoms with Crippen LogP contribution in [0.15, 0.2) is 54.6 Å². The van der Waals surface area contributed by atoms with Gasteiger partial charge in [-0.05, 0) is 41.0 Å². The third kappa shape index (κ3) is 2.38. The Bertz CT molecular complexity index is 983. The Morgan fingerprint density at radius 1 is 0.958 bits per heavy atom. The summed E-state index contributed by atoms with van der Waals surface area (Å²) in [4.78, 5) is 11.2. The third-order valence-electron chi connectivity index (χ3n) is 4.52. The molecule has 0 saturated heterocycles. The summed E-state index contributed by atoms with van der Waals surface area (Å²) in [5.74, 6) is 0. The number of non-ortho nitro benzene ring substituents is 1. The van der Waals surface area contributed by atoms with Crippen molar-refractivity contribution in [1.29, 1.82) is 0 Å². The van der Waals surface area contributed by atoms with Crippen molar-refractivity contribution < 1.29 is 4.92 Å². The fourth-order valence-electron chi connectivity index (χ4n) is 3.44. The second-order valence-electron chi connectivity index (χ2n) is 5.93. The summed E-state index contributed by atoms with van der Waals surface area (Å²) in [5, 5.41) is 13.7. The minimum atomic E-state index is -0.322. The first-order valence-electron chi connectivity index (χ1n) is 7.79. The summed E-state index contributed by atoms with van der Waals surface area (Å²) in [6.07, 6.45) is 3.70. The van der Waals surface area contributed by atoms with E-state index < -0.39 is 0 Å². The van der Waals surface area contributed by atoms with Gasteiger partial charge in [-0.1, -0.05) is 60.1 Å². The van der Waals surface area contributed by atoms with E-state index >= 15 is 0 Å². The number of hydrogen-bond acceptors (Lipinski definition) is 2. The average molecular weight is 336 g/mol. The van der Waals surface area contributed by atoms with Crippen molar-refractivity contribution in [2.75, 3.05) is 0 Å². The highest BCUT2D eigenvalue weighted by molar-refractivity contribution is 6.52. The van der Waals surface area contributed by atoms with Gasteiger partial charge in [-0.3, -0.25) is 10.1 Å². The summed E-state index contributed by atoms with van der Waals surface area (Å²) in [6.45, 7) is 0. The lowest BCUT2D eigenvalue weighted by Crippen LogP contribution is -1.94. The van der Waals surface area contributed by atoms with Crippen LogP contribution in [0.2, 0.25) is 0 Å². The van der Waals surface area contributed by atoms with Crippen molar-refractivity contribution in [3.63, 3.8) is 0 Å². The van der Waals surface area contributed by atoms with E-state index in [0.29, 0.717) is 10.4 Å². The van der Waals surface area contributed by atoms with E-state index in [2.05, 4.69) is 0 Å². The summed E-state index contributed by atoms with van der Waals surface area (Å²) in [7, 11) is 0. The van der Waals surface area contributed by atoms with Gasteiger partial charge in [-0.15, -0.1) is 0 Å². The summed E-state index contributed by atoms with van der Waals surface area (Å²) < 4.78 is 0. The van der Waals surface area contributed by atoms with Crippen LogP contribution in [0.25, 0.3) is 21.9 Å². The molecule has 0 atom stereocenters. The Hall–Kier alpha value is -2.65. The van der Waals surface area contributed by atoms with Crippen LogP contribution in [-0.4, -0.2) is 4.92 Å². The largest absolute Gasteiger partial charge is 0.277 e. The molecule has 118 valence electrons. The van der Waals surface area contributed by atoms with Crippen molar-refractivity contribution in [3.8, 4) is 0 Å². The van der Waals surface area contributed by atoms with Crippen molar-refractivity contribution in [2.24, 2.45) is 0 Å². The lowest BCUT2D eigenvalue weighted by molar-refractivity contribution is -0.383. The summed E-state index contributed by atoms with van der Waals surface area (Å²) >= 11 is 6.56. The van der Waals surface area contributed by atoms with Gasteiger partial charge in [-0.25, -0.2) is 0 Å². The van der Waals surface area contributed by atoms with Crippen molar-refractivity contribution in [1.82, 2.24) is 0 Å². The molecule has 0 radical (unpaired) electrons. The van der Waals surface area contributed by atoms with Gasteiger partial charge in [-0.2, -0.15) is 0 Å². The molecule has 0 unspecified atom stereocenters. The molecule has 0 bridgehead atoms. The van der Waals surface area contributed by atoms with Crippen molar-refractivity contribution in [2.45, 2.75) is 12.8 Å². The van der Waals surface area contributed by atoms with Gasteiger partial charge in [0, 0.05) is 16.7 Å². The number of benzene rings is 3. The van der Waals surface area contributed by atoms with Crippen molar-refractivity contribution >= 4 is 39.2 Å². The Balaban J connectivity index is 2.00. The summed E-state index contributed by atoms with van der Waals surface area (Å²) in [5.41, 5.74) is 4.13. The number of halogens is 1. The van der Waals surface area contributed by atoms with Gasteiger partial charge >= 0.3 is 0 Å². The predicted octanol–water partition coefficient (Wildman–Crippen LogP) is 5.58. The standard InChI is InChI=1S/C20H14ClNO2/c21-17(12-13-4-2-1-3-5-13)16-10-8-14-6-7-15-9-11-18(22(23)24)20(16)19(14)15/h1-5,8-12H,6-7H2/b17-12-. The predicted molar refractivity (Wildman–Crippen MR) is 98.2 cm³/mol. The molecule has 0 N–H and O–H groups in total. The van der Waals surface area contributed by atoms with E-state index in [1.165, 1.54) is 0 Å². The smallest absolute Gasteiger partial charge is 0.258 e. The van der Waals surface area contributed by atoms with Crippen LogP contribution in [0.1, 0.15) is 22.3 Å². The van der Waals surface area contributed by atoms with E-state index in [1.54, 1.807) is 6.07 Å². The molecular formula is C20H14ClNO2. The maximum atomic E-state index is 11.5. The van der Waals surface area contributed by atoms with Crippen molar-refractivity contribution in [3.05, 3.63) is 87.0 Å². The molecule has 0 spiro atoms. The normalized spacial score (nSPS) is 13.5. The first-order valence-corrected chi connectivity index (χ1v) is 8.17. The fourth-order valence-corrected chi connectivity index (χ4v) is 3.72. The molecule has 0 aliphatic heterocycles. The molecule has 0 aromatic heterocycles. The van der Waals surface area contributed by atoms with E-state index in [-0.39, 0.29) is 10.6 Å². The van der Waals surface area contributed by atoms with Gasteiger partial charge in [0.15, 0.2) is 0 Å². The van der Waals surface area contributed by atoms with Crippen LogP contribution in [0.4, 0.5) is 5.69 Å². The number of rotatable bonds is 3. The molecule has 4 rings (SSSR count). The number of nitro groups is 1. The topological polar surface area (TPSA) is 43.1 Å². The zero-order chi connectivity index (χ0) is 16.7. The minimum absolute atomic E-state index is 0.118. The van der Waals surface area contributed by atoms with E-state index in [9.17, 15) is 10.1 Å². The Labute approximate surface area is 144 Å². The van der Waals surface area contributed by atoms with Crippen LogP contribution < -0.4 is 0 Å². The molecule has 0 amide bonds. The average Bonchev–Trinajstić information content (AvgIpc) is 3.01. The zero-order valence-corrected chi connectivity index (χ0v) is 13.6. The molecule has 3 nitrogen and oxygen atoms in total. The highest BCUT2D eigenvalue weighted by Gasteiger charge is 2.24. The van der Waals surface area contributed by atoms with Gasteiger partial charge < -0.3 is 0 Å². The Morgan fingerprint density at radius 3 is 2.29 bits per heavy atom. The monoisotopic (exact) mass is 335 g/mol. The molecule has 24 heavy (non-hydrogen) atoms. The third-order valence-corrected chi connectivity index (χ3v) is 4.83. The number of hydrogen-bond donors (Lipinski definition) is 0. The van der Waals surface area contributed by atoms with Crippen LogP contribution in [0.5, 0.6) is 0 Å². The molecule has 0 heterocycles. The fraction of sp³-hybridized carbons (Fsp3) is 0.100. The molecular weight excluding hydrogens is 322 g/mol. The van der Waals surface area contributed by atoms with Gasteiger partial charge in [0.25, 0.3) is 5.69 Å². The molecule has 1 aliphatic carbocycles. The first kappa shape index (κ1) is 14.9. The number of aryl methyl sites for hydroxylation is 2. The molecule has 0 fully saturated rings. The van der Waals surface area contributed by atoms with Crippen LogP contribution >= 0.6 is 11.6 Å². The molecule has 1 aliphatic rings. The second kappa shape index (κ2) is 5.77. The number of nitro benzene ring substituents is 1. The molecule has 4 heteroatoms. The second-order valence-corrected chi connectivity index (χ2v) is 6.33. The van der Waals surface area contributed by atoms with Gasteiger partial charge in [0.1, 0.15) is 0 Å². The number of nitrogens with zero attached hydrogens (tertiary/aromatic N) is 1. The minimum Gasteiger partial charge on any atom is -0.258 e. The van der Waals surface area contributed by atoms with Crippen LogP contribution in [-0.2, 0) is 12.8 Å². The Kier molecular flexibility index (Phi) is 3.58. The maximum Gasteiger partial charge on any atom is 0.277 e. The van der Waals surface area contributed by atoms with Gasteiger partial charge in [0.2, 0.25) is 0 Å². The summed E-state index contributed by atoms with van der Waals surface area (Å²) in [6, 6.07) is 17.1. The van der Waals surface area contributed by atoms with Crippen LogP contribution in [0, 0.1) is 10.1 Å². The SMILES string of the molecule is O=[N+]([O-])c1ccc2c3c(ccc(/C(Cl)=C/c4ccccc4)c13)CC2. The first-order chi connectivity index (χ1) is 11.6. The zero-order valence-electron chi connectivity index (χ0n) is 12.8. The van der Waals surface area contributed by atoms with Gasteiger partial charge in [0.05, 0.1) is 10.3 Å². The Morgan fingerprint density at radius 2 is 1.62 bits per heavy atom. The highest BCUT2D eigenvalue weighted by Crippen LogP contribution is 2.41. The highest BCUT2D eigenvalue weighted by atomic mass is 35.5. The van der Waals surface area contributed by atoms with E-state index in [0.717, 1.165) is 40.5 Å². The molecule has 0 saturated carbocycles. The van der Waals surface area contributed by atoms with E-state index in [4.69, 9.17) is 11.6 Å².